The minimum Gasteiger partial charge on any atom is -0.493 e. The SMILES string of the molecule is CCOc1ccccc1C(=O)Nc1ccc(C(=O)N(CC)CC)cc1. The van der Waals surface area contributed by atoms with Crippen LogP contribution in [0.5, 0.6) is 5.75 Å². The van der Waals surface area contributed by atoms with Crippen molar-refractivity contribution in [2.24, 2.45) is 0 Å². The molecule has 2 amide bonds. The number of amides is 2. The fraction of sp³-hybridized carbons (Fsp3) is 0.300. The first-order valence-corrected chi connectivity index (χ1v) is 8.53. The van der Waals surface area contributed by atoms with Gasteiger partial charge in [-0.15, -0.1) is 0 Å². The molecule has 0 bridgehead atoms. The third kappa shape index (κ3) is 4.59. The summed E-state index contributed by atoms with van der Waals surface area (Å²) < 4.78 is 5.49. The summed E-state index contributed by atoms with van der Waals surface area (Å²) in [5.41, 5.74) is 1.72. The van der Waals surface area contributed by atoms with Gasteiger partial charge in [0.05, 0.1) is 12.2 Å². The van der Waals surface area contributed by atoms with Crippen LogP contribution in [0.3, 0.4) is 0 Å². The Labute approximate surface area is 148 Å². The Morgan fingerprint density at radius 1 is 0.960 bits per heavy atom. The molecule has 0 fully saturated rings. The first-order chi connectivity index (χ1) is 12.1. The van der Waals surface area contributed by atoms with Gasteiger partial charge in [-0.3, -0.25) is 9.59 Å². The van der Waals surface area contributed by atoms with Crippen molar-refractivity contribution < 1.29 is 14.3 Å². The van der Waals surface area contributed by atoms with Gasteiger partial charge < -0.3 is 15.0 Å². The lowest BCUT2D eigenvalue weighted by Crippen LogP contribution is -2.30. The molecule has 0 spiro atoms. The average molecular weight is 340 g/mol. The van der Waals surface area contributed by atoms with E-state index in [-0.39, 0.29) is 11.8 Å². The topological polar surface area (TPSA) is 58.6 Å². The van der Waals surface area contributed by atoms with E-state index in [2.05, 4.69) is 5.32 Å². The highest BCUT2D eigenvalue weighted by Crippen LogP contribution is 2.20. The van der Waals surface area contributed by atoms with Crippen LogP contribution >= 0.6 is 0 Å². The van der Waals surface area contributed by atoms with Crippen LogP contribution < -0.4 is 10.1 Å². The van der Waals surface area contributed by atoms with Gasteiger partial charge in [0, 0.05) is 24.3 Å². The Balaban J connectivity index is 2.11. The molecule has 25 heavy (non-hydrogen) atoms. The van der Waals surface area contributed by atoms with Crippen molar-refractivity contribution in [1.29, 1.82) is 0 Å². The van der Waals surface area contributed by atoms with Crippen molar-refractivity contribution in [2.45, 2.75) is 20.8 Å². The summed E-state index contributed by atoms with van der Waals surface area (Å²) in [6.45, 7) is 7.61. The molecule has 0 heterocycles. The van der Waals surface area contributed by atoms with Crippen molar-refractivity contribution in [3.05, 3.63) is 59.7 Å². The molecule has 0 radical (unpaired) electrons. The van der Waals surface area contributed by atoms with Gasteiger partial charge in [-0.05, 0) is 57.2 Å². The maximum atomic E-state index is 12.5. The van der Waals surface area contributed by atoms with Crippen molar-refractivity contribution in [1.82, 2.24) is 4.90 Å². The second kappa shape index (κ2) is 8.87. The zero-order chi connectivity index (χ0) is 18.2. The van der Waals surface area contributed by atoms with Crippen LogP contribution in [0.2, 0.25) is 0 Å². The fourth-order valence-corrected chi connectivity index (χ4v) is 2.52. The summed E-state index contributed by atoms with van der Waals surface area (Å²) >= 11 is 0. The molecular weight excluding hydrogens is 316 g/mol. The number of benzene rings is 2. The number of anilines is 1. The Kier molecular flexibility index (Phi) is 6.57. The van der Waals surface area contributed by atoms with E-state index in [4.69, 9.17) is 4.74 Å². The molecule has 0 atom stereocenters. The first-order valence-electron chi connectivity index (χ1n) is 8.53. The number of hydrogen-bond acceptors (Lipinski definition) is 3. The van der Waals surface area contributed by atoms with Gasteiger partial charge >= 0.3 is 0 Å². The third-order valence-corrected chi connectivity index (χ3v) is 3.87. The zero-order valence-electron chi connectivity index (χ0n) is 14.9. The minimum atomic E-state index is -0.244. The Morgan fingerprint density at radius 3 is 2.20 bits per heavy atom. The van der Waals surface area contributed by atoms with Crippen LogP contribution in [0.4, 0.5) is 5.69 Å². The summed E-state index contributed by atoms with van der Waals surface area (Å²) in [7, 11) is 0. The molecule has 0 unspecified atom stereocenters. The van der Waals surface area contributed by atoms with Gasteiger partial charge in [-0.25, -0.2) is 0 Å². The second-order valence-corrected chi connectivity index (χ2v) is 5.44. The van der Waals surface area contributed by atoms with Gasteiger partial charge in [0.15, 0.2) is 0 Å². The Bertz CT molecular complexity index is 722. The number of carbonyl (C=O) groups is 2. The van der Waals surface area contributed by atoms with E-state index >= 15 is 0 Å². The number of hydrogen-bond donors (Lipinski definition) is 1. The average Bonchev–Trinajstić information content (AvgIpc) is 2.64. The number of nitrogens with zero attached hydrogens (tertiary/aromatic N) is 1. The molecule has 5 heteroatoms. The molecule has 0 aliphatic heterocycles. The third-order valence-electron chi connectivity index (χ3n) is 3.87. The maximum Gasteiger partial charge on any atom is 0.259 e. The number of ether oxygens (including phenoxy) is 1. The van der Waals surface area contributed by atoms with E-state index in [1.165, 1.54) is 0 Å². The number of nitrogens with one attached hydrogen (secondary N) is 1. The van der Waals surface area contributed by atoms with E-state index in [0.717, 1.165) is 0 Å². The van der Waals surface area contributed by atoms with Crippen LogP contribution in [-0.2, 0) is 0 Å². The summed E-state index contributed by atoms with van der Waals surface area (Å²) in [5.74, 6) is 0.298. The molecule has 0 saturated carbocycles. The monoisotopic (exact) mass is 340 g/mol. The molecule has 0 saturated heterocycles. The summed E-state index contributed by atoms with van der Waals surface area (Å²) in [6, 6.07) is 14.0. The minimum absolute atomic E-state index is 0.00966. The van der Waals surface area contributed by atoms with Gasteiger partial charge in [0.1, 0.15) is 5.75 Å². The van der Waals surface area contributed by atoms with E-state index in [9.17, 15) is 9.59 Å². The molecule has 2 aromatic carbocycles. The van der Waals surface area contributed by atoms with Gasteiger partial charge in [0.25, 0.3) is 11.8 Å². The molecule has 5 nitrogen and oxygen atoms in total. The summed E-state index contributed by atoms with van der Waals surface area (Å²) in [4.78, 5) is 26.5. The van der Waals surface area contributed by atoms with Crippen molar-refractivity contribution in [3.8, 4) is 5.75 Å². The van der Waals surface area contributed by atoms with E-state index < -0.39 is 0 Å². The van der Waals surface area contributed by atoms with Crippen LogP contribution in [0.25, 0.3) is 0 Å². The van der Waals surface area contributed by atoms with E-state index in [0.29, 0.717) is 42.3 Å². The smallest absolute Gasteiger partial charge is 0.259 e. The lowest BCUT2D eigenvalue weighted by atomic mass is 10.1. The highest BCUT2D eigenvalue weighted by molar-refractivity contribution is 6.06. The number of rotatable bonds is 7. The van der Waals surface area contributed by atoms with Crippen LogP contribution in [0, 0.1) is 0 Å². The summed E-state index contributed by atoms with van der Waals surface area (Å²) in [6.07, 6.45) is 0. The zero-order valence-corrected chi connectivity index (χ0v) is 14.9. The Morgan fingerprint density at radius 2 is 1.60 bits per heavy atom. The predicted octanol–water partition coefficient (Wildman–Crippen LogP) is 3.82. The summed E-state index contributed by atoms with van der Waals surface area (Å²) in [5, 5.41) is 2.84. The van der Waals surface area contributed by atoms with Crippen molar-refractivity contribution in [2.75, 3.05) is 25.0 Å². The molecule has 132 valence electrons. The largest absolute Gasteiger partial charge is 0.493 e. The molecule has 0 aliphatic carbocycles. The van der Waals surface area contributed by atoms with Crippen molar-refractivity contribution >= 4 is 17.5 Å². The first kappa shape index (κ1) is 18.5. The second-order valence-electron chi connectivity index (χ2n) is 5.44. The lowest BCUT2D eigenvalue weighted by molar-refractivity contribution is 0.0773. The fourth-order valence-electron chi connectivity index (χ4n) is 2.52. The maximum absolute atomic E-state index is 12.5. The predicted molar refractivity (Wildman–Crippen MR) is 99.3 cm³/mol. The van der Waals surface area contributed by atoms with Crippen LogP contribution in [0.15, 0.2) is 48.5 Å². The molecule has 0 aliphatic rings. The molecular formula is C20H24N2O3. The van der Waals surface area contributed by atoms with Gasteiger partial charge in [-0.2, -0.15) is 0 Å². The highest BCUT2D eigenvalue weighted by atomic mass is 16.5. The van der Waals surface area contributed by atoms with E-state index in [1.807, 2.05) is 26.8 Å². The number of para-hydroxylation sites is 1. The van der Waals surface area contributed by atoms with Crippen LogP contribution in [-0.4, -0.2) is 36.4 Å². The standard InChI is InChI=1S/C20H24N2O3/c1-4-22(5-2)20(24)15-11-13-16(14-12-15)21-19(23)17-9-7-8-10-18(17)25-6-3/h7-14H,4-6H2,1-3H3,(H,21,23). The normalized spacial score (nSPS) is 10.2. The molecule has 0 aromatic heterocycles. The van der Waals surface area contributed by atoms with Crippen LogP contribution in [0.1, 0.15) is 41.5 Å². The van der Waals surface area contributed by atoms with Crippen molar-refractivity contribution in [3.63, 3.8) is 0 Å². The Hall–Kier alpha value is -2.82. The van der Waals surface area contributed by atoms with Gasteiger partial charge in [0.2, 0.25) is 0 Å². The number of carbonyl (C=O) groups excluding carboxylic acids is 2. The molecule has 1 N–H and O–H groups in total. The quantitative estimate of drug-likeness (QED) is 0.833. The molecule has 2 aromatic rings. The highest BCUT2D eigenvalue weighted by Gasteiger charge is 2.14. The lowest BCUT2D eigenvalue weighted by Gasteiger charge is -2.18. The van der Waals surface area contributed by atoms with Gasteiger partial charge in [-0.1, -0.05) is 12.1 Å². The van der Waals surface area contributed by atoms with E-state index in [1.54, 1.807) is 47.4 Å². The molecule has 2 rings (SSSR count).